The van der Waals surface area contributed by atoms with E-state index in [2.05, 4.69) is 40.8 Å². The van der Waals surface area contributed by atoms with Gasteiger partial charge in [0, 0.05) is 25.3 Å². The van der Waals surface area contributed by atoms with E-state index in [9.17, 15) is 19.5 Å². The van der Waals surface area contributed by atoms with Crippen LogP contribution < -0.4 is 10.6 Å². The lowest BCUT2D eigenvalue weighted by Gasteiger charge is -2.21. The Bertz CT molecular complexity index is 1060. The van der Waals surface area contributed by atoms with Gasteiger partial charge in [0.15, 0.2) is 0 Å². The molecule has 0 saturated carbocycles. The number of carbonyl (C=O) groups is 3. The zero-order valence-electron chi connectivity index (χ0n) is 20.1. The van der Waals surface area contributed by atoms with Crippen molar-refractivity contribution in [2.75, 3.05) is 13.2 Å². The standard InChI is InChI=1S/C28H32N2O5/c1-4-9-25(27(32)33)30-26(31)15-19(14-18(2)3)16-29-28(34)35-17-24-22-12-7-5-10-20(22)21-11-6-8-13-23(21)24/h1,5-8,10-13,18-19,24-25H,9,14-17H2,2-3H3,(H,29,34)(H,30,31)(H,32,33). The van der Waals surface area contributed by atoms with Gasteiger partial charge in [-0.1, -0.05) is 62.4 Å². The maximum absolute atomic E-state index is 12.5. The van der Waals surface area contributed by atoms with E-state index in [1.54, 1.807) is 0 Å². The molecule has 2 aromatic carbocycles. The Balaban J connectivity index is 1.55. The summed E-state index contributed by atoms with van der Waals surface area (Å²) in [5.74, 6) is 0.765. The minimum atomic E-state index is -1.17. The Hall–Kier alpha value is -3.79. The number of ether oxygens (including phenoxy) is 1. The van der Waals surface area contributed by atoms with Gasteiger partial charge >= 0.3 is 12.1 Å². The molecule has 0 heterocycles. The molecule has 0 radical (unpaired) electrons. The van der Waals surface area contributed by atoms with E-state index >= 15 is 0 Å². The molecule has 2 aromatic rings. The Morgan fingerprint density at radius 3 is 2.20 bits per heavy atom. The fourth-order valence-corrected chi connectivity index (χ4v) is 4.62. The van der Waals surface area contributed by atoms with Crippen molar-refractivity contribution < 1.29 is 24.2 Å². The van der Waals surface area contributed by atoms with Crippen LogP contribution in [0.1, 0.15) is 50.2 Å². The quantitative estimate of drug-likeness (QED) is 0.422. The summed E-state index contributed by atoms with van der Waals surface area (Å²) in [4.78, 5) is 36.2. The van der Waals surface area contributed by atoms with E-state index in [0.29, 0.717) is 6.42 Å². The van der Waals surface area contributed by atoms with Gasteiger partial charge in [0.25, 0.3) is 0 Å². The summed E-state index contributed by atoms with van der Waals surface area (Å²) in [6, 6.07) is 15.1. The molecule has 0 bridgehead atoms. The zero-order chi connectivity index (χ0) is 25.4. The first kappa shape index (κ1) is 25.8. The molecular weight excluding hydrogens is 444 g/mol. The SMILES string of the molecule is C#CCC(NC(=O)CC(CNC(=O)OCC1c2ccccc2-c2ccccc21)CC(C)C)C(=O)O. The molecule has 35 heavy (non-hydrogen) atoms. The smallest absolute Gasteiger partial charge is 0.407 e. The lowest BCUT2D eigenvalue weighted by atomic mass is 9.93. The number of fused-ring (bicyclic) bond motifs is 3. The molecule has 0 saturated heterocycles. The van der Waals surface area contributed by atoms with Crippen molar-refractivity contribution in [3.05, 3.63) is 59.7 Å². The second-order valence-corrected chi connectivity index (χ2v) is 9.27. The number of nitrogens with one attached hydrogen (secondary N) is 2. The summed E-state index contributed by atoms with van der Waals surface area (Å²) in [5, 5.41) is 14.4. The van der Waals surface area contributed by atoms with Gasteiger partial charge in [0.1, 0.15) is 12.6 Å². The zero-order valence-corrected chi connectivity index (χ0v) is 20.1. The summed E-state index contributed by atoms with van der Waals surface area (Å²) in [6.45, 7) is 4.50. The number of hydrogen-bond acceptors (Lipinski definition) is 4. The molecule has 1 aliphatic carbocycles. The number of amides is 2. The van der Waals surface area contributed by atoms with Crippen LogP contribution in [-0.4, -0.2) is 42.3 Å². The van der Waals surface area contributed by atoms with E-state index in [1.807, 2.05) is 38.1 Å². The molecule has 2 amide bonds. The fourth-order valence-electron chi connectivity index (χ4n) is 4.62. The molecule has 184 valence electrons. The van der Waals surface area contributed by atoms with Crippen LogP contribution in [0.4, 0.5) is 4.79 Å². The number of benzene rings is 2. The Kier molecular flexibility index (Phi) is 8.91. The van der Waals surface area contributed by atoms with Crippen molar-refractivity contribution in [2.45, 2.75) is 45.1 Å². The van der Waals surface area contributed by atoms with Crippen LogP contribution in [0.5, 0.6) is 0 Å². The summed E-state index contributed by atoms with van der Waals surface area (Å²) in [6.07, 6.45) is 5.32. The van der Waals surface area contributed by atoms with E-state index in [4.69, 9.17) is 11.2 Å². The molecule has 0 aliphatic heterocycles. The third-order valence-corrected chi connectivity index (χ3v) is 6.11. The Morgan fingerprint density at radius 2 is 1.66 bits per heavy atom. The van der Waals surface area contributed by atoms with Crippen molar-refractivity contribution in [3.63, 3.8) is 0 Å². The van der Waals surface area contributed by atoms with Crippen LogP contribution in [0.15, 0.2) is 48.5 Å². The molecule has 0 spiro atoms. The predicted molar refractivity (Wildman–Crippen MR) is 134 cm³/mol. The highest BCUT2D eigenvalue weighted by Crippen LogP contribution is 2.44. The van der Waals surface area contributed by atoms with Crippen LogP contribution in [-0.2, 0) is 14.3 Å². The van der Waals surface area contributed by atoms with Crippen LogP contribution in [0.2, 0.25) is 0 Å². The molecule has 3 rings (SSSR count). The molecule has 3 N–H and O–H groups in total. The number of carbonyl (C=O) groups excluding carboxylic acids is 2. The number of rotatable bonds is 11. The lowest BCUT2D eigenvalue weighted by Crippen LogP contribution is -2.42. The second-order valence-electron chi connectivity index (χ2n) is 9.27. The monoisotopic (exact) mass is 476 g/mol. The van der Waals surface area contributed by atoms with Crippen molar-refractivity contribution in [1.82, 2.24) is 10.6 Å². The van der Waals surface area contributed by atoms with Gasteiger partial charge in [0.05, 0.1) is 0 Å². The number of aliphatic carboxylic acids is 1. The van der Waals surface area contributed by atoms with E-state index < -0.39 is 24.0 Å². The first-order chi connectivity index (χ1) is 16.8. The predicted octanol–water partition coefficient (Wildman–Crippen LogP) is 4.17. The Labute approximate surface area is 206 Å². The highest BCUT2D eigenvalue weighted by Gasteiger charge is 2.29. The van der Waals surface area contributed by atoms with Gasteiger partial charge < -0.3 is 20.5 Å². The number of carboxylic acids is 1. The summed E-state index contributed by atoms with van der Waals surface area (Å²) >= 11 is 0. The van der Waals surface area contributed by atoms with Crippen LogP contribution in [0.3, 0.4) is 0 Å². The fraction of sp³-hybridized carbons (Fsp3) is 0.393. The molecule has 7 nitrogen and oxygen atoms in total. The van der Waals surface area contributed by atoms with Gasteiger partial charge in [-0.25, -0.2) is 9.59 Å². The Morgan fingerprint density at radius 1 is 1.06 bits per heavy atom. The topological polar surface area (TPSA) is 105 Å². The third-order valence-electron chi connectivity index (χ3n) is 6.11. The van der Waals surface area contributed by atoms with E-state index in [-0.39, 0.29) is 43.7 Å². The van der Waals surface area contributed by atoms with Crippen molar-refractivity contribution >= 4 is 18.0 Å². The van der Waals surface area contributed by atoms with Crippen LogP contribution >= 0.6 is 0 Å². The molecule has 0 aromatic heterocycles. The molecule has 0 fully saturated rings. The molecule has 2 unspecified atom stereocenters. The van der Waals surface area contributed by atoms with Crippen molar-refractivity contribution in [1.29, 1.82) is 0 Å². The average Bonchev–Trinajstić information content (AvgIpc) is 3.14. The maximum Gasteiger partial charge on any atom is 0.407 e. The second kappa shape index (κ2) is 12.1. The van der Waals surface area contributed by atoms with E-state index in [0.717, 1.165) is 22.3 Å². The molecule has 7 heteroatoms. The highest BCUT2D eigenvalue weighted by molar-refractivity contribution is 5.84. The lowest BCUT2D eigenvalue weighted by molar-refractivity contribution is -0.141. The molecule has 1 aliphatic rings. The van der Waals surface area contributed by atoms with Gasteiger partial charge in [-0.05, 0) is 40.5 Å². The third kappa shape index (κ3) is 6.86. The summed E-state index contributed by atoms with van der Waals surface area (Å²) in [7, 11) is 0. The minimum Gasteiger partial charge on any atom is -0.480 e. The van der Waals surface area contributed by atoms with Gasteiger partial charge in [-0.2, -0.15) is 0 Å². The van der Waals surface area contributed by atoms with Crippen molar-refractivity contribution in [2.24, 2.45) is 11.8 Å². The molecule has 2 atom stereocenters. The van der Waals surface area contributed by atoms with Crippen LogP contribution in [0, 0.1) is 24.2 Å². The maximum atomic E-state index is 12.5. The first-order valence-corrected chi connectivity index (χ1v) is 11.8. The number of carboxylic acid groups (broad SMARTS) is 1. The normalized spacial score (nSPS) is 13.8. The highest BCUT2D eigenvalue weighted by atomic mass is 16.5. The number of alkyl carbamates (subject to hydrolysis) is 1. The van der Waals surface area contributed by atoms with Crippen molar-refractivity contribution in [3.8, 4) is 23.5 Å². The van der Waals surface area contributed by atoms with Gasteiger partial charge in [-0.15, -0.1) is 12.3 Å². The van der Waals surface area contributed by atoms with Gasteiger partial charge in [-0.3, -0.25) is 4.79 Å². The minimum absolute atomic E-state index is 0.0329. The number of hydrogen-bond donors (Lipinski definition) is 3. The largest absolute Gasteiger partial charge is 0.480 e. The summed E-state index contributed by atoms with van der Waals surface area (Å²) < 4.78 is 5.58. The van der Waals surface area contributed by atoms with E-state index in [1.165, 1.54) is 0 Å². The first-order valence-electron chi connectivity index (χ1n) is 11.8. The van der Waals surface area contributed by atoms with Gasteiger partial charge in [0.2, 0.25) is 5.91 Å². The van der Waals surface area contributed by atoms with Crippen LogP contribution in [0.25, 0.3) is 11.1 Å². The average molecular weight is 477 g/mol. The number of terminal acetylenes is 1. The summed E-state index contributed by atoms with van der Waals surface area (Å²) in [5.41, 5.74) is 4.58. The molecular formula is C28H32N2O5.